The molecule has 9 heteroatoms. The van der Waals surface area contributed by atoms with Crippen LogP contribution in [0.2, 0.25) is 0 Å². The van der Waals surface area contributed by atoms with Gasteiger partial charge in [0.2, 0.25) is 5.79 Å². The molecule has 4 aliphatic heterocycles. The van der Waals surface area contributed by atoms with E-state index in [9.17, 15) is 0 Å². The Morgan fingerprint density at radius 3 is 2.94 bits per heavy atom. The number of rotatable bonds is 5. The van der Waals surface area contributed by atoms with Gasteiger partial charge in [-0.1, -0.05) is 31.2 Å². The SMILES string of the molecule is C[C@H]1[C@H](SCOCn2nnc3ccccc32)O[C@@H]2O[C@]3(C)CC[C@H]4[C@H](C)CC[C@@H]1[C@@]24OO3. The molecule has 2 aromatic rings. The highest BCUT2D eigenvalue weighted by Gasteiger charge is 2.69. The van der Waals surface area contributed by atoms with E-state index in [2.05, 4.69) is 24.2 Å². The Kier molecular flexibility index (Phi) is 5.28. The quantitative estimate of drug-likeness (QED) is 0.371. The second-order valence-corrected chi connectivity index (χ2v) is 11.0. The number of para-hydroxylation sites is 1. The molecule has 5 aliphatic rings. The zero-order valence-corrected chi connectivity index (χ0v) is 19.6. The van der Waals surface area contributed by atoms with Gasteiger partial charge in [0.1, 0.15) is 17.7 Å². The summed E-state index contributed by atoms with van der Waals surface area (Å²) in [5.74, 6) is 1.36. The van der Waals surface area contributed by atoms with Crippen LogP contribution in [0.3, 0.4) is 0 Å². The van der Waals surface area contributed by atoms with Crippen LogP contribution < -0.4 is 0 Å². The molecule has 5 heterocycles. The fraction of sp³-hybridized carbons (Fsp3) is 0.739. The number of benzene rings is 1. The normalized spacial score (nSPS) is 43.2. The predicted molar refractivity (Wildman–Crippen MR) is 118 cm³/mol. The van der Waals surface area contributed by atoms with Gasteiger partial charge in [-0.15, -0.1) is 16.9 Å². The summed E-state index contributed by atoms with van der Waals surface area (Å²) in [6, 6.07) is 7.89. The first kappa shape index (κ1) is 21.3. The molecule has 2 bridgehead atoms. The minimum Gasteiger partial charge on any atom is -0.348 e. The summed E-state index contributed by atoms with van der Waals surface area (Å²) in [4.78, 5) is 12.1. The molecule has 7 rings (SSSR count). The molecular formula is C23H31N3O5S. The number of hydrogen-bond donors (Lipinski definition) is 0. The van der Waals surface area contributed by atoms with Crippen molar-refractivity contribution in [2.24, 2.45) is 23.7 Å². The van der Waals surface area contributed by atoms with E-state index in [0.29, 0.717) is 36.3 Å². The lowest BCUT2D eigenvalue weighted by molar-refractivity contribution is -0.568. The summed E-state index contributed by atoms with van der Waals surface area (Å²) in [5, 5.41) is 8.37. The Morgan fingerprint density at radius 2 is 2.03 bits per heavy atom. The van der Waals surface area contributed by atoms with Gasteiger partial charge >= 0.3 is 0 Å². The maximum atomic E-state index is 6.59. The van der Waals surface area contributed by atoms with Crippen LogP contribution in [0.4, 0.5) is 0 Å². The molecule has 32 heavy (non-hydrogen) atoms. The van der Waals surface area contributed by atoms with Crippen molar-refractivity contribution in [2.45, 2.75) is 76.3 Å². The minimum atomic E-state index is -0.738. The lowest BCUT2D eigenvalue weighted by Crippen LogP contribution is -2.70. The number of fused-ring (bicyclic) bond motifs is 3. The Bertz CT molecular complexity index is 989. The van der Waals surface area contributed by atoms with Crippen LogP contribution in [0.5, 0.6) is 0 Å². The van der Waals surface area contributed by atoms with E-state index in [1.54, 1.807) is 16.4 Å². The molecule has 1 aromatic heterocycles. The number of hydrogen-bond acceptors (Lipinski definition) is 8. The molecule has 0 N–H and O–H groups in total. The largest absolute Gasteiger partial charge is 0.348 e. The van der Waals surface area contributed by atoms with Crippen LogP contribution in [0.15, 0.2) is 24.3 Å². The summed E-state index contributed by atoms with van der Waals surface area (Å²) < 4.78 is 20.7. The van der Waals surface area contributed by atoms with Gasteiger partial charge in [0.15, 0.2) is 11.9 Å². The van der Waals surface area contributed by atoms with Crippen molar-refractivity contribution >= 4 is 22.8 Å². The maximum absolute atomic E-state index is 6.59. The lowest BCUT2D eigenvalue weighted by atomic mass is 9.58. The predicted octanol–water partition coefficient (Wildman–Crippen LogP) is 4.30. The zero-order chi connectivity index (χ0) is 21.9. The van der Waals surface area contributed by atoms with Gasteiger partial charge in [0, 0.05) is 12.3 Å². The first-order chi connectivity index (χ1) is 15.5. The summed E-state index contributed by atoms with van der Waals surface area (Å²) >= 11 is 1.68. The number of nitrogens with zero attached hydrogens (tertiary/aromatic N) is 3. The van der Waals surface area contributed by atoms with E-state index in [0.717, 1.165) is 30.3 Å². The Morgan fingerprint density at radius 1 is 1.16 bits per heavy atom. The second-order valence-electron chi connectivity index (χ2n) is 9.97. The van der Waals surface area contributed by atoms with Gasteiger partial charge in [-0.05, 0) is 56.1 Å². The Labute approximate surface area is 192 Å². The molecule has 1 aromatic carbocycles. The number of aromatic nitrogens is 3. The molecule has 4 saturated heterocycles. The van der Waals surface area contributed by atoms with E-state index in [-0.39, 0.29) is 5.44 Å². The van der Waals surface area contributed by atoms with Crippen molar-refractivity contribution in [3.05, 3.63) is 24.3 Å². The van der Waals surface area contributed by atoms with Crippen LogP contribution >= 0.6 is 11.8 Å². The van der Waals surface area contributed by atoms with Crippen molar-refractivity contribution in [3.8, 4) is 0 Å². The summed E-state index contributed by atoms with van der Waals surface area (Å²) in [5.41, 5.74) is 1.31. The van der Waals surface area contributed by atoms with Gasteiger partial charge in [0.25, 0.3) is 0 Å². The zero-order valence-electron chi connectivity index (χ0n) is 18.8. The number of thioether (sulfide) groups is 1. The first-order valence-corrected chi connectivity index (χ1v) is 12.7. The fourth-order valence-corrected chi connectivity index (χ4v) is 7.29. The molecule has 0 radical (unpaired) electrons. The fourth-order valence-electron chi connectivity index (χ4n) is 6.31. The van der Waals surface area contributed by atoms with E-state index < -0.39 is 17.7 Å². The van der Waals surface area contributed by atoms with Gasteiger partial charge < -0.3 is 14.2 Å². The third-order valence-corrected chi connectivity index (χ3v) is 9.22. The van der Waals surface area contributed by atoms with E-state index in [1.807, 2.05) is 31.2 Å². The minimum absolute atomic E-state index is 0.0243. The first-order valence-electron chi connectivity index (χ1n) is 11.7. The maximum Gasteiger partial charge on any atom is 0.201 e. The highest BCUT2D eigenvalue weighted by atomic mass is 32.2. The average molecular weight is 462 g/mol. The van der Waals surface area contributed by atoms with Crippen LogP contribution in [0, 0.1) is 23.7 Å². The van der Waals surface area contributed by atoms with Gasteiger partial charge in [-0.3, -0.25) is 0 Å². The van der Waals surface area contributed by atoms with Crippen molar-refractivity contribution in [1.29, 1.82) is 0 Å². The van der Waals surface area contributed by atoms with Crippen molar-refractivity contribution in [2.75, 3.05) is 5.94 Å². The summed E-state index contributed by atoms with van der Waals surface area (Å²) in [6.45, 7) is 6.93. The van der Waals surface area contributed by atoms with Crippen molar-refractivity contribution in [1.82, 2.24) is 15.0 Å². The highest BCUT2D eigenvalue weighted by Crippen LogP contribution is 2.61. The van der Waals surface area contributed by atoms with E-state index >= 15 is 0 Å². The van der Waals surface area contributed by atoms with E-state index in [1.165, 1.54) is 6.42 Å². The smallest absolute Gasteiger partial charge is 0.201 e. The average Bonchev–Trinajstić information content (AvgIpc) is 3.06. The van der Waals surface area contributed by atoms with Crippen LogP contribution in [0.1, 0.15) is 46.5 Å². The van der Waals surface area contributed by atoms with E-state index in [4.69, 9.17) is 24.0 Å². The van der Waals surface area contributed by atoms with Crippen molar-refractivity contribution < 1.29 is 24.0 Å². The molecule has 0 amide bonds. The third-order valence-electron chi connectivity index (χ3n) is 8.05. The van der Waals surface area contributed by atoms with Crippen LogP contribution in [-0.2, 0) is 30.7 Å². The summed E-state index contributed by atoms with van der Waals surface area (Å²) in [6.07, 6.45) is 3.78. The third kappa shape index (κ3) is 3.24. The van der Waals surface area contributed by atoms with Crippen LogP contribution in [-0.4, -0.2) is 44.0 Å². The molecular weight excluding hydrogens is 430 g/mol. The lowest BCUT2D eigenvalue weighted by Gasteiger charge is -2.60. The molecule has 1 saturated carbocycles. The van der Waals surface area contributed by atoms with Crippen molar-refractivity contribution in [3.63, 3.8) is 0 Å². The standard InChI is InChI=1S/C23H31N3O5S/c1-14-8-9-17-15(2)20(28-21-23(17)16(14)10-11-22(3,29-21)30-31-23)32-13-27-12-26-19-7-5-4-6-18(19)24-25-26/h4-7,14-17,20-21H,8-13H2,1-3H3/t14-,15-,16+,17+,20+,21-,22+,23-/m1/s1. The second kappa shape index (κ2) is 7.92. The number of ether oxygens (including phenoxy) is 3. The molecule has 8 nitrogen and oxygen atoms in total. The topological polar surface area (TPSA) is 76.9 Å². The monoisotopic (exact) mass is 461 g/mol. The summed E-state index contributed by atoms with van der Waals surface area (Å²) in [7, 11) is 0. The van der Waals surface area contributed by atoms with Gasteiger partial charge in [-0.2, -0.15) is 0 Å². The molecule has 1 spiro atoms. The Hall–Kier alpha value is -1.23. The van der Waals surface area contributed by atoms with Gasteiger partial charge in [0.05, 0.1) is 11.5 Å². The molecule has 8 atom stereocenters. The molecule has 174 valence electrons. The Balaban J connectivity index is 1.15. The molecule has 1 aliphatic carbocycles. The van der Waals surface area contributed by atoms with Crippen LogP contribution in [0.25, 0.3) is 11.0 Å². The molecule has 0 unspecified atom stereocenters. The highest BCUT2D eigenvalue weighted by molar-refractivity contribution is 7.99. The molecule has 5 fully saturated rings. The van der Waals surface area contributed by atoms with Gasteiger partial charge in [-0.25, -0.2) is 14.5 Å².